The fraction of sp³-hybridized carbons (Fsp3) is 0.471. The summed E-state index contributed by atoms with van der Waals surface area (Å²) in [6.45, 7) is 3.53. The van der Waals surface area contributed by atoms with Crippen LogP contribution in [0.1, 0.15) is 19.8 Å². The molecule has 1 N–H and O–H groups in total. The van der Waals surface area contributed by atoms with Crippen LogP contribution in [-0.2, 0) is 108 Å². The van der Waals surface area contributed by atoms with E-state index in [2.05, 4.69) is 16.6 Å². The average molecular weight is 583 g/mol. The first-order valence-electron chi connectivity index (χ1n) is 7.94. The molecule has 1 saturated heterocycles. The molecule has 2 aliphatic rings. The number of anilines is 2. The Morgan fingerprint density at radius 1 is 1.23 bits per heavy atom. The van der Waals surface area contributed by atoms with Crippen LogP contribution in [0.25, 0.3) is 0 Å². The van der Waals surface area contributed by atoms with Crippen molar-refractivity contribution < 1.29 is 112 Å². The second kappa shape index (κ2) is 12.6. The number of hydrogen-bond acceptors (Lipinski definition) is 4. The maximum Gasteiger partial charge on any atom is 0.252 e. The van der Waals surface area contributed by atoms with Crippen molar-refractivity contribution in [1.29, 1.82) is 0 Å². The molecule has 1 atom stereocenters. The molecule has 0 bridgehead atoms. The van der Waals surface area contributed by atoms with Crippen LogP contribution in [0, 0.1) is 6.42 Å². The van der Waals surface area contributed by atoms with Crippen molar-refractivity contribution in [1.82, 2.24) is 5.32 Å². The van der Waals surface area contributed by atoms with E-state index in [4.69, 9.17) is 4.74 Å². The van der Waals surface area contributed by atoms with Gasteiger partial charge in [-0.25, -0.2) is 0 Å². The van der Waals surface area contributed by atoms with Gasteiger partial charge in [0.1, 0.15) is 18.4 Å². The smallest absolute Gasteiger partial charge is 0.252 e. The van der Waals surface area contributed by atoms with E-state index in [1.165, 1.54) is 6.92 Å². The second-order valence-electron chi connectivity index (χ2n) is 5.97. The largest absolute Gasteiger partial charge is 0.489 e. The number of amides is 2. The predicted molar refractivity (Wildman–Crippen MR) is 88.7 cm³/mol. The fourth-order valence-corrected chi connectivity index (χ4v) is 3.04. The number of hydrogen-bond donors (Lipinski definition) is 1. The molecule has 0 aromatic heterocycles. The average Bonchev–Trinajstić information content (AvgIpc) is 2.67. The van der Waals surface area contributed by atoms with Crippen LogP contribution in [0.4, 0.5) is 11.4 Å². The minimum absolute atomic E-state index is 0. The molecule has 26 heavy (non-hydrogen) atoms. The van der Waals surface area contributed by atoms with E-state index in [0.717, 1.165) is 37.3 Å². The molecule has 9 heteroatoms. The molecule has 1 aromatic carbocycles. The summed E-state index contributed by atoms with van der Waals surface area (Å²) in [5.41, 5.74) is 1.84. The van der Waals surface area contributed by atoms with Crippen molar-refractivity contribution in [2.45, 2.75) is 25.8 Å². The summed E-state index contributed by atoms with van der Waals surface area (Å²) in [6.07, 6.45) is 4.46. The summed E-state index contributed by atoms with van der Waals surface area (Å²) in [7, 11) is 1.72. The van der Waals surface area contributed by atoms with Gasteiger partial charge in [0.25, 0.3) is 5.91 Å². The molecule has 2 aliphatic heterocycles. The number of rotatable bonds is 2. The molecule has 6 nitrogen and oxygen atoms in total. The van der Waals surface area contributed by atoms with Crippen LogP contribution in [0.2, 0.25) is 0 Å². The maximum absolute atomic E-state index is 12.5. The summed E-state index contributed by atoms with van der Waals surface area (Å²) in [5, 5.41) is 2.65. The van der Waals surface area contributed by atoms with E-state index in [1.807, 2.05) is 18.2 Å². The van der Waals surface area contributed by atoms with Crippen molar-refractivity contribution in [3.05, 3.63) is 24.6 Å². The molecule has 2 amide bonds. The first-order chi connectivity index (χ1) is 11.1. The van der Waals surface area contributed by atoms with E-state index >= 15 is 0 Å². The van der Waals surface area contributed by atoms with Crippen molar-refractivity contribution in [3.63, 3.8) is 0 Å². The molecule has 2 heterocycles. The molecule has 1 unspecified atom stereocenters. The third-order valence-electron chi connectivity index (χ3n) is 4.29. The van der Waals surface area contributed by atoms with Gasteiger partial charge in [0, 0.05) is 118 Å². The standard InChI is InChI=1S/C17H22N3O3.3Y/c1-12(21)18-14-11-23-16-7-6-13(20-8-4-3-5-9-20)10-15(16)19(2)17(14)22;;;/h3,6-7,10,14H,4-5,8-9,11H2,1-2H3,(H,18,21);;;/q-1;;;. The van der Waals surface area contributed by atoms with Crippen molar-refractivity contribution >= 4 is 23.2 Å². The SMILES string of the molecule is CC(=O)NC1COc2ccc(N3CC[CH-]CC3)cc2N(C)C1=O.[Y].[Y].[Y]. The van der Waals surface area contributed by atoms with E-state index in [0.29, 0.717) is 5.75 Å². The normalized spacial score (nSPS) is 18.8. The Bertz CT molecular complexity index is 625. The second-order valence-corrected chi connectivity index (χ2v) is 5.97. The van der Waals surface area contributed by atoms with Crippen LogP contribution >= 0.6 is 0 Å². The molecular formula is C17H22N3O3Y3-. The van der Waals surface area contributed by atoms with Crippen molar-refractivity contribution in [2.75, 3.05) is 36.5 Å². The molecule has 3 radical (unpaired) electrons. The number of carbonyl (C=O) groups is 2. The van der Waals surface area contributed by atoms with Gasteiger partial charge in [-0.2, -0.15) is 12.8 Å². The van der Waals surface area contributed by atoms with Gasteiger partial charge >= 0.3 is 0 Å². The molecule has 1 fully saturated rings. The molecule has 133 valence electrons. The van der Waals surface area contributed by atoms with Gasteiger partial charge < -0.3 is 26.3 Å². The van der Waals surface area contributed by atoms with Crippen molar-refractivity contribution in [2.24, 2.45) is 0 Å². The van der Waals surface area contributed by atoms with Gasteiger partial charge in [0.2, 0.25) is 5.91 Å². The summed E-state index contributed by atoms with van der Waals surface area (Å²) < 4.78 is 5.74. The number of benzene rings is 1. The Balaban J connectivity index is 0.00000208. The zero-order chi connectivity index (χ0) is 16.4. The summed E-state index contributed by atoms with van der Waals surface area (Å²) in [5.74, 6) is 0.265. The predicted octanol–water partition coefficient (Wildman–Crippen LogP) is 1.34. The van der Waals surface area contributed by atoms with Gasteiger partial charge in [-0.1, -0.05) is 0 Å². The Hall–Kier alpha value is 1.07. The Labute approximate surface area is 230 Å². The summed E-state index contributed by atoms with van der Waals surface area (Å²) in [6, 6.07) is 5.27. The van der Waals surface area contributed by atoms with Gasteiger partial charge in [-0.3, -0.25) is 9.59 Å². The Morgan fingerprint density at radius 2 is 1.88 bits per heavy atom. The topological polar surface area (TPSA) is 61.9 Å². The summed E-state index contributed by atoms with van der Waals surface area (Å²) >= 11 is 0. The number of ether oxygens (including phenoxy) is 1. The number of likely N-dealkylation sites (N-methyl/N-ethyl adjacent to an activating group) is 1. The third kappa shape index (κ3) is 6.56. The zero-order valence-electron chi connectivity index (χ0n) is 15.3. The zero-order valence-corrected chi connectivity index (χ0v) is 23.8. The Kier molecular flexibility index (Phi) is 13.1. The minimum atomic E-state index is -0.655. The van der Waals surface area contributed by atoms with E-state index in [1.54, 1.807) is 11.9 Å². The number of carbonyl (C=O) groups excluding carboxylic acids is 2. The monoisotopic (exact) mass is 583 g/mol. The summed E-state index contributed by atoms with van der Waals surface area (Å²) in [4.78, 5) is 27.7. The van der Waals surface area contributed by atoms with E-state index < -0.39 is 6.04 Å². The number of nitrogens with zero attached hydrogens (tertiary/aromatic N) is 2. The fourth-order valence-electron chi connectivity index (χ4n) is 3.04. The van der Waals surface area contributed by atoms with Gasteiger partial charge in [-0.15, -0.1) is 0 Å². The quantitative estimate of drug-likeness (QED) is 0.535. The van der Waals surface area contributed by atoms with Crippen LogP contribution in [0.15, 0.2) is 18.2 Å². The van der Waals surface area contributed by atoms with Crippen LogP contribution in [-0.4, -0.2) is 44.6 Å². The molecule has 0 saturated carbocycles. The van der Waals surface area contributed by atoms with E-state index in [-0.39, 0.29) is 117 Å². The van der Waals surface area contributed by atoms with E-state index in [9.17, 15) is 9.59 Å². The van der Waals surface area contributed by atoms with Crippen LogP contribution < -0.4 is 19.9 Å². The van der Waals surface area contributed by atoms with Crippen LogP contribution in [0.5, 0.6) is 5.75 Å². The molecule has 1 aromatic rings. The minimum Gasteiger partial charge on any atom is -0.489 e. The molecule has 3 rings (SSSR count). The van der Waals surface area contributed by atoms with Crippen LogP contribution in [0.3, 0.4) is 0 Å². The molecule has 0 spiro atoms. The first kappa shape index (κ1) is 27.1. The van der Waals surface area contributed by atoms with Gasteiger partial charge in [0.15, 0.2) is 0 Å². The van der Waals surface area contributed by atoms with Crippen molar-refractivity contribution in [3.8, 4) is 5.75 Å². The first-order valence-corrected chi connectivity index (χ1v) is 7.94. The molecule has 0 aliphatic carbocycles. The number of piperidine rings is 1. The number of fused-ring (bicyclic) bond motifs is 1. The van der Waals surface area contributed by atoms with Gasteiger partial charge in [-0.05, 0) is 31.3 Å². The third-order valence-corrected chi connectivity index (χ3v) is 4.29. The molecular weight excluding hydrogens is 561 g/mol. The number of nitrogens with one attached hydrogen (secondary N) is 1. The maximum atomic E-state index is 12.5. The van der Waals surface area contributed by atoms with Gasteiger partial charge in [0.05, 0.1) is 5.69 Å². The Morgan fingerprint density at radius 3 is 2.50 bits per heavy atom.